The maximum Gasteiger partial charge on any atom is 0.163 e. The number of anilines is 1. The molecule has 0 aliphatic carbocycles. The number of benzene rings is 3. The summed E-state index contributed by atoms with van der Waals surface area (Å²) in [6.07, 6.45) is 5.81. The molecular weight excluding hydrogens is 430 g/mol. The second kappa shape index (κ2) is 9.03. The molecule has 0 radical (unpaired) electrons. The van der Waals surface area contributed by atoms with Crippen LogP contribution >= 0.6 is 0 Å². The van der Waals surface area contributed by atoms with E-state index in [0.717, 1.165) is 33.5 Å². The Balaban J connectivity index is 1.42. The lowest BCUT2D eigenvalue weighted by atomic mass is 9.91. The van der Waals surface area contributed by atoms with Gasteiger partial charge in [0.1, 0.15) is 11.5 Å². The second-order valence-electron chi connectivity index (χ2n) is 8.73. The highest BCUT2D eigenvalue weighted by Gasteiger charge is 2.17. The molecule has 0 amide bonds. The predicted octanol–water partition coefficient (Wildman–Crippen LogP) is 6.50. The number of aryl methyl sites for hydroxylation is 1. The quantitative estimate of drug-likeness (QED) is 0.312. The first-order valence-electron chi connectivity index (χ1n) is 11.8. The molecule has 5 heteroatoms. The fourth-order valence-corrected chi connectivity index (χ4v) is 4.62. The highest BCUT2D eigenvalue weighted by molar-refractivity contribution is 5.90. The van der Waals surface area contributed by atoms with Gasteiger partial charge in [0.25, 0.3) is 0 Å². The van der Waals surface area contributed by atoms with Gasteiger partial charge in [0.15, 0.2) is 5.82 Å². The summed E-state index contributed by atoms with van der Waals surface area (Å²) in [5.41, 5.74) is 6.46. The summed E-state index contributed by atoms with van der Waals surface area (Å²) in [4.78, 5) is 14.3. The first-order valence-corrected chi connectivity index (χ1v) is 11.8. The molecule has 3 aromatic heterocycles. The van der Waals surface area contributed by atoms with Crippen molar-refractivity contribution in [3.05, 3.63) is 126 Å². The summed E-state index contributed by atoms with van der Waals surface area (Å²) in [5, 5.41) is 4.69. The van der Waals surface area contributed by atoms with Gasteiger partial charge >= 0.3 is 0 Å². The summed E-state index contributed by atoms with van der Waals surface area (Å²) in [7, 11) is 0. The van der Waals surface area contributed by atoms with Gasteiger partial charge in [-0.05, 0) is 41.8 Å². The molecule has 0 saturated heterocycles. The molecule has 1 N–H and O–H groups in total. The van der Waals surface area contributed by atoms with Gasteiger partial charge < -0.3 is 9.72 Å². The van der Waals surface area contributed by atoms with Gasteiger partial charge in [0.05, 0.1) is 5.52 Å². The highest BCUT2D eigenvalue weighted by atomic mass is 15.0. The third-order valence-corrected chi connectivity index (χ3v) is 6.46. The van der Waals surface area contributed by atoms with E-state index in [1.807, 2.05) is 28.8 Å². The van der Waals surface area contributed by atoms with Gasteiger partial charge in [0, 0.05) is 42.0 Å². The van der Waals surface area contributed by atoms with Crippen LogP contribution in [0.15, 0.2) is 110 Å². The van der Waals surface area contributed by atoms with Crippen molar-refractivity contribution in [3.63, 3.8) is 0 Å². The van der Waals surface area contributed by atoms with Gasteiger partial charge in [-0.1, -0.05) is 72.8 Å². The normalized spacial score (nSPS) is 11.4. The summed E-state index contributed by atoms with van der Waals surface area (Å²) in [6.45, 7) is 2.80. The number of rotatable bonds is 6. The lowest BCUT2D eigenvalue weighted by Gasteiger charge is -2.20. The number of nitrogens with one attached hydrogen (secondary N) is 1. The molecular formula is C30H25N5. The number of para-hydroxylation sites is 1. The van der Waals surface area contributed by atoms with Crippen molar-refractivity contribution >= 4 is 22.4 Å². The molecule has 6 rings (SSSR count). The average Bonchev–Trinajstić information content (AvgIpc) is 3.36. The van der Waals surface area contributed by atoms with E-state index >= 15 is 0 Å². The van der Waals surface area contributed by atoms with E-state index in [4.69, 9.17) is 9.97 Å². The Morgan fingerprint density at radius 1 is 0.829 bits per heavy atom. The number of nitrogens with zero attached hydrogens (tertiary/aromatic N) is 4. The fourth-order valence-electron chi connectivity index (χ4n) is 4.62. The lowest BCUT2D eigenvalue weighted by molar-refractivity contribution is 0.849. The highest BCUT2D eigenvalue weighted by Crippen LogP contribution is 2.29. The van der Waals surface area contributed by atoms with E-state index in [1.54, 1.807) is 6.20 Å². The molecule has 35 heavy (non-hydrogen) atoms. The third-order valence-electron chi connectivity index (χ3n) is 6.46. The van der Waals surface area contributed by atoms with E-state index in [-0.39, 0.29) is 5.92 Å². The number of hydrogen-bond acceptors (Lipinski definition) is 4. The first-order chi connectivity index (χ1) is 17.3. The van der Waals surface area contributed by atoms with Crippen molar-refractivity contribution in [3.8, 4) is 11.4 Å². The number of pyridine rings is 1. The Kier molecular flexibility index (Phi) is 5.43. The SMILES string of the molecule is Cc1cc2nccn2cc1-c1nc(NCC(c2ccccc2)c2ccccc2)c2ccccc2n1. The zero-order chi connectivity index (χ0) is 23.6. The molecule has 170 valence electrons. The Bertz CT molecular complexity index is 1570. The van der Waals surface area contributed by atoms with E-state index in [1.165, 1.54) is 11.1 Å². The molecule has 0 unspecified atom stereocenters. The molecule has 0 aliphatic heterocycles. The molecule has 6 aromatic rings. The summed E-state index contributed by atoms with van der Waals surface area (Å²) < 4.78 is 2.01. The first kappa shape index (κ1) is 21.1. The third kappa shape index (κ3) is 4.13. The molecule has 0 spiro atoms. The number of hydrogen-bond donors (Lipinski definition) is 1. The van der Waals surface area contributed by atoms with Crippen LogP contribution in [-0.2, 0) is 0 Å². The van der Waals surface area contributed by atoms with Crippen LogP contribution in [-0.4, -0.2) is 25.9 Å². The zero-order valence-corrected chi connectivity index (χ0v) is 19.5. The smallest absolute Gasteiger partial charge is 0.163 e. The van der Waals surface area contributed by atoms with Crippen LogP contribution in [0.25, 0.3) is 27.9 Å². The maximum atomic E-state index is 5.03. The Morgan fingerprint density at radius 3 is 2.26 bits per heavy atom. The van der Waals surface area contributed by atoms with Crippen molar-refractivity contribution in [2.24, 2.45) is 0 Å². The summed E-state index contributed by atoms with van der Waals surface area (Å²) >= 11 is 0. The van der Waals surface area contributed by atoms with Crippen molar-refractivity contribution < 1.29 is 0 Å². The van der Waals surface area contributed by atoms with Gasteiger partial charge in [0.2, 0.25) is 0 Å². The molecule has 0 atom stereocenters. The van der Waals surface area contributed by atoms with Crippen molar-refractivity contribution in [1.82, 2.24) is 19.4 Å². The molecule has 5 nitrogen and oxygen atoms in total. The van der Waals surface area contributed by atoms with E-state index in [9.17, 15) is 0 Å². The van der Waals surface area contributed by atoms with E-state index in [2.05, 4.69) is 96.2 Å². The lowest BCUT2D eigenvalue weighted by Crippen LogP contribution is -2.15. The Hall–Kier alpha value is -4.51. The number of imidazole rings is 1. The van der Waals surface area contributed by atoms with E-state index < -0.39 is 0 Å². The van der Waals surface area contributed by atoms with E-state index in [0.29, 0.717) is 12.4 Å². The molecule has 0 aliphatic rings. The summed E-state index contributed by atoms with van der Waals surface area (Å²) in [5.74, 6) is 1.74. The van der Waals surface area contributed by atoms with Crippen LogP contribution in [0.3, 0.4) is 0 Å². The summed E-state index contributed by atoms with van der Waals surface area (Å²) in [6, 6.07) is 31.5. The number of aromatic nitrogens is 4. The van der Waals surface area contributed by atoms with Crippen LogP contribution in [0, 0.1) is 6.92 Å². The largest absolute Gasteiger partial charge is 0.368 e. The number of fused-ring (bicyclic) bond motifs is 2. The second-order valence-corrected chi connectivity index (χ2v) is 8.73. The molecule has 3 heterocycles. The average molecular weight is 456 g/mol. The van der Waals surface area contributed by atoms with Crippen LogP contribution in [0.4, 0.5) is 5.82 Å². The molecule has 0 fully saturated rings. The minimum Gasteiger partial charge on any atom is -0.368 e. The van der Waals surface area contributed by atoms with Gasteiger partial charge in [-0.25, -0.2) is 15.0 Å². The van der Waals surface area contributed by atoms with Gasteiger partial charge in [-0.3, -0.25) is 0 Å². The molecule has 3 aromatic carbocycles. The monoisotopic (exact) mass is 455 g/mol. The van der Waals surface area contributed by atoms with Crippen LogP contribution in [0.1, 0.15) is 22.6 Å². The van der Waals surface area contributed by atoms with Crippen LogP contribution < -0.4 is 5.32 Å². The zero-order valence-electron chi connectivity index (χ0n) is 19.5. The molecule has 0 saturated carbocycles. The maximum absolute atomic E-state index is 5.03. The van der Waals surface area contributed by atoms with Crippen molar-refractivity contribution in [1.29, 1.82) is 0 Å². The van der Waals surface area contributed by atoms with Crippen molar-refractivity contribution in [2.75, 3.05) is 11.9 Å². The standard InChI is InChI=1S/C30H25N5/c1-21-18-28-31-16-17-35(28)20-26(21)30-33-27-15-9-8-14-24(27)29(34-30)32-19-25(22-10-4-2-5-11-22)23-12-6-3-7-13-23/h2-18,20,25H,19H2,1H3,(H,32,33,34). The van der Waals surface area contributed by atoms with Gasteiger partial charge in [-0.15, -0.1) is 0 Å². The Labute approximate surface area is 204 Å². The van der Waals surface area contributed by atoms with Crippen molar-refractivity contribution in [2.45, 2.75) is 12.8 Å². The molecule has 0 bridgehead atoms. The Morgan fingerprint density at radius 2 is 1.51 bits per heavy atom. The fraction of sp³-hybridized carbons (Fsp3) is 0.100. The van der Waals surface area contributed by atoms with Gasteiger partial charge in [-0.2, -0.15) is 0 Å². The minimum atomic E-state index is 0.193. The topological polar surface area (TPSA) is 55.1 Å². The predicted molar refractivity (Wildman–Crippen MR) is 142 cm³/mol. The van der Waals surface area contributed by atoms with Crippen LogP contribution in [0.5, 0.6) is 0 Å². The minimum absolute atomic E-state index is 0.193. The van der Waals surface area contributed by atoms with Crippen LogP contribution in [0.2, 0.25) is 0 Å².